The molecule has 4 rings (SSSR count). The summed E-state index contributed by atoms with van der Waals surface area (Å²) in [6, 6.07) is 10.3. The third kappa shape index (κ3) is 1.42. The van der Waals surface area contributed by atoms with E-state index in [9.17, 15) is 0 Å². The van der Waals surface area contributed by atoms with Gasteiger partial charge in [0.1, 0.15) is 11.4 Å². The molecule has 0 spiro atoms. The first-order chi connectivity index (χ1) is 9.78. The topological polar surface area (TPSA) is 39.9 Å². The van der Waals surface area contributed by atoms with Crippen molar-refractivity contribution in [2.75, 3.05) is 7.11 Å². The highest BCUT2D eigenvalue weighted by atomic mass is 16.5. The number of benzene rings is 1. The number of ether oxygens (including phenoxy) is 1. The van der Waals surface area contributed by atoms with E-state index in [2.05, 4.69) is 27.8 Å². The maximum Gasteiger partial charge on any atom is 0.141 e. The van der Waals surface area contributed by atoms with Gasteiger partial charge in [-0.15, -0.1) is 0 Å². The Hall–Kier alpha value is -2.62. The average molecular weight is 263 g/mol. The summed E-state index contributed by atoms with van der Waals surface area (Å²) in [5.74, 6) is 0.861. The summed E-state index contributed by atoms with van der Waals surface area (Å²) in [6.07, 6.45) is 3.59. The highest BCUT2D eigenvalue weighted by molar-refractivity contribution is 6.10. The number of rotatable bonds is 1. The zero-order chi connectivity index (χ0) is 13.7. The minimum atomic E-state index is 0.861. The second-order valence-corrected chi connectivity index (χ2v) is 4.87. The molecule has 0 fully saturated rings. The van der Waals surface area contributed by atoms with Crippen LogP contribution in [0.15, 0.2) is 42.7 Å². The van der Waals surface area contributed by atoms with Gasteiger partial charge in [-0.1, -0.05) is 0 Å². The van der Waals surface area contributed by atoms with Crippen LogP contribution in [0.4, 0.5) is 0 Å². The maximum absolute atomic E-state index is 5.33. The predicted molar refractivity (Wildman–Crippen MR) is 80.1 cm³/mol. The molecule has 0 bridgehead atoms. The van der Waals surface area contributed by atoms with Crippen molar-refractivity contribution in [3.8, 4) is 5.75 Å². The lowest BCUT2D eigenvalue weighted by molar-refractivity contribution is 0.415. The van der Waals surface area contributed by atoms with Crippen molar-refractivity contribution in [3.63, 3.8) is 0 Å². The molecule has 4 aromatic rings. The zero-order valence-corrected chi connectivity index (χ0v) is 11.3. The van der Waals surface area contributed by atoms with E-state index in [1.807, 2.05) is 19.2 Å². The van der Waals surface area contributed by atoms with Crippen LogP contribution >= 0.6 is 0 Å². The van der Waals surface area contributed by atoms with Crippen molar-refractivity contribution in [2.45, 2.75) is 0 Å². The Morgan fingerprint density at radius 1 is 1.10 bits per heavy atom. The summed E-state index contributed by atoms with van der Waals surface area (Å²) in [7, 11) is 3.72. The molecule has 4 nitrogen and oxygen atoms in total. The molecule has 0 saturated carbocycles. The third-order valence-electron chi connectivity index (χ3n) is 3.77. The molecule has 4 heteroatoms. The second-order valence-electron chi connectivity index (χ2n) is 4.87. The van der Waals surface area contributed by atoms with Crippen molar-refractivity contribution in [3.05, 3.63) is 42.7 Å². The van der Waals surface area contributed by atoms with Crippen LogP contribution in [0.5, 0.6) is 5.75 Å². The Bertz CT molecular complexity index is 956. The zero-order valence-electron chi connectivity index (χ0n) is 11.3. The van der Waals surface area contributed by atoms with E-state index >= 15 is 0 Å². The summed E-state index contributed by atoms with van der Waals surface area (Å²) < 4.78 is 7.44. The van der Waals surface area contributed by atoms with Gasteiger partial charge in [-0.3, -0.25) is 4.98 Å². The van der Waals surface area contributed by atoms with Crippen LogP contribution < -0.4 is 4.74 Å². The van der Waals surface area contributed by atoms with E-state index in [0.29, 0.717) is 0 Å². The number of fused-ring (bicyclic) bond motifs is 4. The molecule has 0 N–H and O–H groups in total. The highest BCUT2D eigenvalue weighted by Gasteiger charge is 2.11. The SMILES string of the molecule is COc1ccc2c(c1)c1cc3ccncc3nc1n2C. The molecule has 0 amide bonds. The summed E-state index contributed by atoms with van der Waals surface area (Å²) in [5, 5.41) is 3.40. The molecule has 0 aliphatic carbocycles. The first-order valence-corrected chi connectivity index (χ1v) is 6.45. The number of hydrogen-bond acceptors (Lipinski definition) is 3. The number of hydrogen-bond donors (Lipinski definition) is 0. The van der Waals surface area contributed by atoms with Crippen molar-refractivity contribution in [1.29, 1.82) is 0 Å². The van der Waals surface area contributed by atoms with Crippen molar-refractivity contribution in [2.24, 2.45) is 7.05 Å². The molecule has 0 saturated heterocycles. The van der Waals surface area contributed by atoms with Gasteiger partial charge < -0.3 is 9.30 Å². The Kier molecular flexibility index (Phi) is 2.21. The summed E-state index contributed by atoms with van der Waals surface area (Å²) in [6.45, 7) is 0. The monoisotopic (exact) mass is 263 g/mol. The van der Waals surface area contributed by atoms with E-state index in [1.165, 1.54) is 0 Å². The molecule has 0 aliphatic rings. The molecule has 0 radical (unpaired) electrons. The van der Waals surface area contributed by atoms with Crippen LogP contribution in [0.1, 0.15) is 0 Å². The lowest BCUT2D eigenvalue weighted by atomic mass is 10.1. The summed E-state index contributed by atoms with van der Waals surface area (Å²) >= 11 is 0. The number of aromatic nitrogens is 3. The van der Waals surface area contributed by atoms with E-state index in [0.717, 1.165) is 38.6 Å². The van der Waals surface area contributed by atoms with Gasteiger partial charge in [0.15, 0.2) is 0 Å². The predicted octanol–water partition coefficient (Wildman–Crippen LogP) is 3.28. The molecule has 0 atom stereocenters. The van der Waals surface area contributed by atoms with Gasteiger partial charge in [0.25, 0.3) is 0 Å². The fourth-order valence-corrected chi connectivity index (χ4v) is 2.73. The standard InChI is InChI=1S/C16H13N3O/c1-19-15-4-3-11(20-2)8-12(15)13-7-10-5-6-17-9-14(10)18-16(13)19/h3-9H,1-2H3. The summed E-state index contributed by atoms with van der Waals surface area (Å²) in [4.78, 5) is 8.87. The average Bonchev–Trinajstić information content (AvgIpc) is 2.77. The number of methoxy groups -OCH3 is 1. The fourth-order valence-electron chi connectivity index (χ4n) is 2.73. The van der Waals surface area contributed by atoms with Crippen LogP contribution in [0.3, 0.4) is 0 Å². The second kappa shape index (κ2) is 3.93. The summed E-state index contributed by atoms with van der Waals surface area (Å²) in [5.41, 5.74) is 3.03. The fraction of sp³-hybridized carbons (Fsp3) is 0.125. The van der Waals surface area contributed by atoms with Gasteiger partial charge in [0, 0.05) is 29.4 Å². The van der Waals surface area contributed by atoms with Gasteiger partial charge in [-0.25, -0.2) is 4.98 Å². The largest absolute Gasteiger partial charge is 0.497 e. The lowest BCUT2D eigenvalue weighted by Crippen LogP contribution is -1.90. The number of aryl methyl sites for hydroxylation is 1. The first kappa shape index (κ1) is 11.2. The van der Waals surface area contributed by atoms with Crippen molar-refractivity contribution < 1.29 is 4.74 Å². The molecule has 3 aromatic heterocycles. The molecule has 0 unspecified atom stereocenters. The minimum Gasteiger partial charge on any atom is -0.497 e. The van der Waals surface area contributed by atoms with Gasteiger partial charge >= 0.3 is 0 Å². The molecule has 20 heavy (non-hydrogen) atoms. The first-order valence-electron chi connectivity index (χ1n) is 6.45. The van der Waals surface area contributed by atoms with E-state index in [-0.39, 0.29) is 0 Å². The normalized spacial score (nSPS) is 11.5. The Labute approximate surface area is 115 Å². The van der Waals surface area contributed by atoms with Crippen molar-refractivity contribution in [1.82, 2.24) is 14.5 Å². The lowest BCUT2D eigenvalue weighted by Gasteiger charge is -2.00. The van der Waals surface area contributed by atoms with E-state index < -0.39 is 0 Å². The van der Waals surface area contributed by atoms with Crippen LogP contribution in [-0.4, -0.2) is 21.6 Å². The highest BCUT2D eigenvalue weighted by Crippen LogP contribution is 2.31. The Morgan fingerprint density at radius 2 is 2.00 bits per heavy atom. The molecular formula is C16H13N3O. The number of nitrogens with zero attached hydrogens (tertiary/aromatic N) is 3. The molecule has 1 aromatic carbocycles. The molecule has 98 valence electrons. The smallest absolute Gasteiger partial charge is 0.141 e. The Morgan fingerprint density at radius 3 is 2.85 bits per heavy atom. The Balaban J connectivity index is 2.23. The van der Waals surface area contributed by atoms with Gasteiger partial charge in [-0.2, -0.15) is 0 Å². The van der Waals surface area contributed by atoms with Crippen LogP contribution in [0, 0.1) is 0 Å². The van der Waals surface area contributed by atoms with Crippen LogP contribution in [-0.2, 0) is 7.05 Å². The van der Waals surface area contributed by atoms with Gasteiger partial charge in [-0.05, 0) is 30.3 Å². The quantitative estimate of drug-likeness (QED) is 0.529. The van der Waals surface area contributed by atoms with E-state index in [4.69, 9.17) is 9.72 Å². The number of pyridine rings is 2. The van der Waals surface area contributed by atoms with E-state index in [1.54, 1.807) is 19.5 Å². The van der Waals surface area contributed by atoms with Gasteiger partial charge in [0.05, 0.1) is 24.3 Å². The minimum absolute atomic E-state index is 0.861. The van der Waals surface area contributed by atoms with Gasteiger partial charge in [0.2, 0.25) is 0 Å². The third-order valence-corrected chi connectivity index (χ3v) is 3.77. The van der Waals surface area contributed by atoms with Crippen LogP contribution in [0.2, 0.25) is 0 Å². The molecule has 0 aliphatic heterocycles. The van der Waals surface area contributed by atoms with Crippen molar-refractivity contribution >= 4 is 32.8 Å². The van der Waals surface area contributed by atoms with Crippen LogP contribution in [0.25, 0.3) is 32.8 Å². The maximum atomic E-state index is 5.33. The molecule has 3 heterocycles. The molecular weight excluding hydrogens is 250 g/mol.